The Morgan fingerprint density at radius 1 is 1.35 bits per heavy atom. The molecule has 4 nitrogen and oxygen atoms in total. The van der Waals surface area contributed by atoms with Crippen LogP contribution in [-0.4, -0.2) is 34.5 Å². The lowest BCUT2D eigenvalue weighted by Gasteiger charge is -2.16. The molecular weight excluding hydrogens is 238 g/mol. The van der Waals surface area contributed by atoms with E-state index in [9.17, 15) is 14.7 Å². The monoisotopic (exact) mass is 261 g/mol. The van der Waals surface area contributed by atoms with Crippen LogP contribution in [0.3, 0.4) is 0 Å². The fraction of sp³-hybridized carbons (Fsp3) is 0.833. The average molecular weight is 261 g/mol. The molecule has 0 aliphatic rings. The van der Waals surface area contributed by atoms with Gasteiger partial charge in [0.15, 0.2) is 5.12 Å². The maximum absolute atomic E-state index is 11.7. The summed E-state index contributed by atoms with van der Waals surface area (Å²) >= 11 is 1.18. The third-order valence-corrected chi connectivity index (χ3v) is 3.59. The zero-order valence-electron chi connectivity index (χ0n) is 10.9. The van der Waals surface area contributed by atoms with Gasteiger partial charge >= 0.3 is 0 Å². The second-order valence-corrected chi connectivity index (χ2v) is 5.11. The number of aliphatic hydroxyl groups excluding tert-OH is 1. The first kappa shape index (κ1) is 16.4. The highest BCUT2D eigenvalue weighted by molar-refractivity contribution is 8.13. The van der Waals surface area contributed by atoms with E-state index in [-0.39, 0.29) is 16.9 Å². The summed E-state index contributed by atoms with van der Waals surface area (Å²) in [7, 11) is 0. The third-order valence-electron chi connectivity index (χ3n) is 2.52. The van der Waals surface area contributed by atoms with Crippen molar-refractivity contribution in [2.24, 2.45) is 5.92 Å². The molecule has 1 amide bonds. The molecule has 0 rings (SSSR count). The van der Waals surface area contributed by atoms with Gasteiger partial charge in [0.25, 0.3) is 0 Å². The molecule has 5 heteroatoms. The average Bonchev–Trinajstić information content (AvgIpc) is 2.33. The number of aliphatic hydroxyl groups is 1. The van der Waals surface area contributed by atoms with Crippen LogP contribution in [0.1, 0.15) is 40.0 Å². The Hall–Kier alpha value is -0.550. The van der Waals surface area contributed by atoms with Crippen LogP contribution in [0.5, 0.6) is 0 Å². The molecule has 0 aromatic carbocycles. The first-order valence-electron chi connectivity index (χ1n) is 6.14. The van der Waals surface area contributed by atoms with Crippen LogP contribution in [0.2, 0.25) is 0 Å². The quantitative estimate of drug-likeness (QED) is 0.651. The number of amides is 1. The van der Waals surface area contributed by atoms with Gasteiger partial charge in [-0.2, -0.15) is 0 Å². The smallest absolute Gasteiger partial charge is 0.219 e. The van der Waals surface area contributed by atoms with Crippen molar-refractivity contribution >= 4 is 22.8 Å². The minimum Gasteiger partial charge on any atom is -0.392 e. The molecule has 0 aromatic heterocycles. The SMILES string of the molecule is CCCC(O)C(C)C(=O)SCCNC(=O)CC. The second kappa shape index (κ2) is 9.48. The van der Waals surface area contributed by atoms with Gasteiger partial charge in [-0.05, 0) is 6.42 Å². The minimum atomic E-state index is -0.551. The van der Waals surface area contributed by atoms with Crippen molar-refractivity contribution < 1.29 is 14.7 Å². The van der Waals surface area contributed by atoms with Crippen molar-refractivity contribution in [3.8, 4) is 0 Å². The molecule has 0 spiro atoms. The maximum Gasteiger partial charge on any atom is 0.219 e. The molecule has 2 atom stereocenters. The Kier molecular flexibility index (Phi) is 9.17. The largest absolute Gasteiger partial charge is 0.392 e. The standard InChI is InChI=1S/C12H23NO3S/c1-4-6-10(14)9(3)12(16)17-8-7-13-11(15)5-2/h9-10,14H,4-8H2,1-3H3,(H,13,15). The Bertz CT molecular complexity index is 246. The highest BCUT2D eigenvalue weighted by atomic mass is 32.2. The van der Waals surface area contributed by atoms with Crippen LogP contribution in [0.25, 0.3) is 0 Å². The highest BCUT2D eigenvalue weighted by Gasteiger charge is 2.21. The normalized spacial score (nSPS) is 14.1. The van der Waals surface area contributed by atoms with E-state index in [0.717, 1.165) is 6.42 Å². The van der Waals surface area contributed by atoms with Gasteiger partial charge < -0.3 is 10.4 Å². The van der Waals surface area contributed by atoms with E-state index < -0.39 is 6.10 Å². The minimum absolute atomic E-state index is 0.00267. The number of carbonyl (C=O) groups excluding carboxylic acids is 2. The summed E-state index contributed by atoms with van der Waals surface area (Å²) in [5, 5.41) is 12.4. The van der Waals surface area contributed by atoms with Gasteiger partial charge in [0, 0.05) is 18.7 Å². The van der Waals surface area contributed by atoms with Crippen LogP contribution < -0.4 is 5.32 Å². The van der Waals surface area contributed by atoms with Crippen LogP contribution >= 0.6 is 11.8 Å². The molecule has 0 radical (unpaired) electrons. The van der Waals surface area contributed by atoms with Gasteiger partial charge in [-0.15, -0.1) is 0 Å². The zero-order chi connectivity index (χ0) is 13.3. The van der Waals surface area contributed by atoms with Crippen LogP contribution in [0.4, 0.5) is 0 Å². The molecule has 0 aliphatic heterocycles. The van der Waals surface area contributed by atoms with Crippen molar-refractivity contribution in [3.05, 3.63) is 0 Å². The summed E-state index contributed by atoms with van der Waals surface area (Å²) in [4.78, 5) is 22.6. The molecule has 0 heterocycles. The fourth-order valence-electron chi connectivity index (χ4n) is 1.30. The summed E-state index contributed by atoms with van der Waals surface area (Å²) in [5.74, 6) is 0.229. The first-order valence-corrected chi connectivity index (χ1v) is 7.12. The van der Waals surface area contributed by atoms with Gasteiger partial charge in [-0.25, -0.2) is 0 Å². The molecule has 17 heavy (non-hydrogen) atoms. The number of hydrogen-bond donors (Lipinski definition) is 2. The summed E-state index contributed by atoms with van der Waals surface area (Å²) in [5.41, 5.74) is 0. The molecule has 0 aliphatic carbocycles. The zero-order valence-corrected chi connectivity index (χ0v) is 11.7. The Labute approximate surface area is 108 Å². The van der Waals surface area contributed by atoms with E-state index in [0.29, 0.717) is 25.1 Å². The van der Waals surface area contributed by atoms with Crippen LogP contribution in [-0.2, 0) is 9.59 Å². The van der Waals surface area contributed by atoms with E-state index in [1.807, 2.05) is 6.92 Å². The molecule has 2 unspecified atom stereocenters. The predicted molar refractivity (Wildman–Crippen MR) is 70.8 cm³/mol. The predicted octanol–water partition coefficient (Wildman–Crippen LogP) is 1.57. The molecule has 100 valence electrons. The van der Waals surface area contributed by atoms with E-state index in [4.69, 9.17) is 0 Å². The van der Waals surface area contributed by atoms with Gasteiger partial charge in [0.05, 0.1) is 12.0 Å². The molecule has 0 bridgehead atoms. The number of hydrogen-bond acceptors (Lipinski definition) is 4. The van der Waals surface area contributed by atoms with Crippen molar-refractivity contribution in [2.75, 3.05) is 12.3 Å². The van der Waals surface area contributed by atoms with Crippen molar-refractivity contribution in [2.45, 2.75) is 46.1 Å². The molecule has 0 aromatic rings. The maximum atomic E-state index is 11.7. The lowest BCUT2D eigenvalue weighted by molar-refractivity contribution is -0.120. The third kappa shape index (κ3) is 7.39. The lowest BCUT2D eigenvalue weighted by Crippen LogP contribution is -2.27. The van der Waals surface area contributed by atoms with Crippen LogP contribution in [0.15, 0.2) is 0 Å². The number of carbonyl (C=O) groups is 2. The van der Waals surface area contributed by atoms with E-state index in [1.165, 1.54) is 11.8 Å². The van der Waals surface area contributed by atoms with Crippen molar-refractivity contribution in [1.29, 1.82) is 0 Å². The Morgan fingerprint density at radius 2 is 2.00 bits per heavy atom. The summed E-state index contributed by atoms with van der Waals surface area (Å²) < 4.78 is 0. The van der Waals surface area contributed by atoms with Gasteiger partial charge in [-0.1, -0.05) is 39.0 Å². The number of nitrogens with one attached hydrogen (secondary N) is 1. The molecule has 0 fully saturated rings. The summed E-state index contributed by atoms with van der Waals surface area (Å²) in [6.45, 7) is 6.02. The molecule has 2 N–H and O–H groups in total. The number of thioether (sulfide) groups is 1. The topological polar surface area (TPSA) is 66.4 Å². The second-order valence-electron chi connectivity index (χ2n) is 4.02. The molecule has 0 saturated carbocycles. The van der Waals surface area contributed by atoms with Gasteiger partial charge in [0.1, 0.15) is 0 Å². The molecular formula is C12H23NO3S. The molecule has 0 saturated heterocycles. The van der Waals surface area contributed by atoms with Gasteiger partial charge in [0.2, 0.25) is 5.91 Å². The van der Waals surface area contributed by atoms with Crippen LogP contribution in [0, 0.1) is 5.92 Å². The lowest BCUT2D eigenvalue weighted by atomic mass is 10.0. The fourth-order valence-corrected chi connectivity index (χ4v) is 2.13. The Balaban J connectivity index is 3.74. The van der Waals surface area contributed by atoms with E-state index in [1.54, 1.807) is 13.8 Å². The van der Waals surface area contributed by atoms with E-state index in [2.05, 4.69) is 5.32 Å². The van der Waals surface area contributed by atoms with E-state index >= 15 is 0 Å². The first-order chi connectivity index (χ1) is 8.02. The van der Waals surface area contributed by atoms with Crippen molar-refractivity contribution in [3.63, 3.8) is 0 Å². The summed E-state index contributed by atoms with van der Waals surface area (Å²) in [6, 6.07) is 0. The summed E-state index contributed by atoms with van der Waals surface area (Å²) in [6.07, 6.45) is 1.44. The Morgan fingerprint density at radius 3 is 2.53 bits per heavy atom. The van der Waals surface area contributed by atoms with Gasteiger partial charge in [-0.3, -0.25) is 9.59 Å². The number of rotatable bonds is 8. The highest BCUT2D eigenvalue weighted by Crippen LogP contribution is 2.17. The van der Waals surface area contributed by atoms with Crippen molar-refractivity contribution in [1.82, 2.24) is 5.32 Å².